The van der Waals surface area contributed by atoms with E-state index in [1.165, 1.54) is 5.56 Å². The van der Waals surface area contributed by atoms with Crippen LogP contribution in [-0.4, -0.2) is 18.9 Å². The standard InChI is InChI=1S/C29H26N2O2/c1-20-12-14-22(15-13-20)25-9-5-6-10-26(25)28(32)30-24-18-16-23(17-19-24)29(33)31(3)27-11-7-4-8-21(27)2/h4-19H,1-3H3,(H,30,32). The zero-order valence-electron chi connectivity index (χ0n) is 19.0. The third-order valence-electron chi connectivity index (χ3n) is 5.71. The van der Waals surface area contributed by atoms with Crippen LogP contribution in [0, 0.1) is 13.8 Å². The summed E-state index contributed by atoms with van der Waals surface area (Å²) in [4.78, 5) is 27.6. The Morgan fingerprint density at radius 3 is 2.06 bits per heavy atom. The highest BCUT2D eigenvalue weighted by molar-refractivity contribution is 6.09. The molecule has 0 atom stereocenters. The van der Waals surface area contributed by atoms with Gasteiger partial charge in [0.2, 0.25) is 0 Å². The highest BCUT2D eigenvalue weighted by Gasteiger charge is 2.16. The number of anilines is 2. The van der Waals surface area contributed by atoms with Crippen LogP contribution < -0.4 is 10.2 Å². The molecule has 0 unspecified atom stereocenters. The third-order valence-corrected chi connectivity index (χ3v) is 5.71. The molecule has 4 aromatic rings. The van der Waals surface area contributed by atoms with Gasteiger partial charge in [0.05, 0.1) is 0 Å². The van der Waals surface area contributed by atoms with Crippen molar-refractivity contribution in [3.8, 4) is 11.1 Å². The van der Waals surface area contributed by atoms with Crippen molar-refractivity contribution in [3.05, 3.63) is 119 Å². The maximum absolute atomic E-state index is 13.0. The van der Waals surface area contributed by atoms with Gasteiger partial charge in [-0.15, -0.1) is 0 Å². The Bertz CT molecular complexity index is 1290. The molecule has 0 radical (unpaired) electrons. The third kappa shape index (κ3) is 4.85. The lowest BCUT2D eigenvalue weighted by Crippen LogP contribution is -2.26. The number of nitrogens with one attached hydrogen (secondary N) is 1. The number of nitrogens with zero attached hydrogens (tertiary/aromatic N) is 1. The normalized spacial score (nSPS) is 10.5. The highest BCUT2D eigenvalue weighted by Crippen LogP contribution is 2.25. The number of carbonyl (C=O) groups excluding carboxylic acids is 2. The van der Waals surface area contributed by atoms with E-state index in [0.29, 0.717) is 16.8 Å². The van der Waals surface area contributed by atoms with Crippen molar-refractivity contribution < 1.29 is 9.59 Å². The molecule has 0 aliphatic carbocycles. The van der Waals surface area contributed by atoms with Crippen molar-refractivity contribution in [2.24, 2.45) is 0 Å². The van der Waals surface area contributed by atoms with Crippen molar-refractivity contribution in [1.82, 2.24) is 0 Å². The Balaban J connectivity index is 1.51. The summed E-state index contributed by atoms with van der Waals surface area (Å²) in [7, 11) is 1.77. The number of aryl methyl sites for hydroxylation is 2. The van der Waals surface area contributed by atoms with Gasteiger partial charge in [-0.25, -0.2) is 0 Å². The Labute approximate surface area is 194 Å². The van der Waals surface area contributed by atoms with Crippen LogP contribution in [-0.2, 0) is 0 Å². The molecule has 0 saturated carbocycles. The number of benzene rings is 4. The molecule has 0 aliphatic heterocycles. The van der Waals surface area contributed by atoms with E-state index in [9.17, 15) is 9.59 Å². The van der Waals surface area contributed by atoms with E-state index in [0.717, 1.165) is 22.4 Å². The molecule has 4 heteroatoms. The fourth-order valence-corrected chi connectivity index (χ4v) is 3.80. The van der Waals surface area contributed by atoms with Crippen molar-refractivity contribution in [1.29, 1.82) is 0 Å². The first-order valence-corrected chi connectivity index (χ1v) is 10.9. The zero-order valence-corrected chi connectivity index (χ0v) is 19.0. The predicted octanol–water partition coefficient (Wildman–Crippen LogP) is 6.50. The van der Waals surface area contributed by atoms with Gasteiger partial charge in [0.25, 0.3) is 11.8 Å². The fraction of sp³-hybridized carbons (Fsp3) is 0.103. The molecule has 4 rings (SSSR count). The van der Waals surface area contributed by atoms with Crippen LogP contribution in [0.25, 0.3) is 11.1 Å². The van der Waals surface area contributed by atoms with Crippen LogP contribution in [0.3, 0.4) is 0 Å². The minimum atomic E-state index is -0.192. The molecule has 0 fully saturated rings. The lowest BCUT2D eigenvalue weighted by atomic mass is 9.98. The van der Waals surface area contributed by atoms with E-state index < -0.39 is 0 Å². The maximum Gasteiger partial charge on any atom is 0.258 e. The van der Waals surface area contributed by atoms with Gasteiger partial charge < -0.3 is 10.2 Å². The minimum Gasteiger partial charge on any atom is -0.322 e. The monoisotopic (exact) mass is 434 g/mol. The van der Waals surface area contributed by atoms with Crippen LogP contribution in [0.15, 0.2) is 97.1 Å². The van der Waals surface area contributed by atoms with Gasteiger partial charge in [-0.05, 0) is 66.9 Å². The van der Waals surface area contributed by atoms with E-state index >= 15 is 0 Å². The first-order valence-electron chi connectivity index (χ1n) is 10.9. The largest absolute Gasteiger partial charge is 0.322 e. The van der Waals surface area contributed by atoms with Gasteiger partial charge >= 0.3 is 0 Å². The predicted molar refractivity (Wildman–Crippen MR) is 135 cm³/mol. The van der Waals surface area contributed by atoms with Crippen molar-refractivity contribution in [3.63, 3.8) is 0 Å². The van der Waals surface area contributed by atoms with E-state index in [-0.39, 0.29) is 11.8 Å². The average molecular weight is 435 g/mol. The average Bonchev–Trinajstić information content (AvgIpc) is 2.84. The maximum atomic E-state index is 13.0. The number of amides is 2. The van der Waals surface area contributed by atoms with Crippen molar-refractivity contribution in [2.75, 3.05) is 17.3 Å². The van der Waals surface area contributed by atoms with Crippen LogP contribution >= 0.6 is 0 Å². The first-order chi connectivity index (χ1) is 15.9. The van der Waals surface area contributed by atoms with Gasteiger partial charge in [-0.1, -0.05) is 66.2 Å². The molecule has 1 N–H and O–H groups in total. The summed E-state index contributed by atoms with van der Waals surface area (Å²) in [5.41, 5.74) is 6.72. The van der Waals surface area contributed by atoms with Gasteiger partial charge in [0.1, 0.15) is 0 Å². The number of rotatable bonds is 5. The van der Waals surface area contributed by atoms with E-state index in [1.807, 2.05) is 86.6 Å². The second-order valence-electron chi connectivity index (χ2n) is 8.09. The number of hydrogen-bond donors (Lipinski definition) is 1. The Morgan fingerprint density at radius 1 is 0.727 bits per heavy atom. The van der Waals surface area contributed by atoms with Gasteiger partial charge in [0, 0.05) is 29.5 Å². The topological polar surface area (TPSA) is 49.4 Å². The van der Waals surface area contributed by atoms with E-state index in [4.69, 9.17) is 0 Å². The molecule has 0 heterocycles. The highest BCUT2D eigenvalue weighted by atomic mass is 16.2. The molecule has 164 valence electrons. The fourth-order valence-electron chi connectivity index (χ4n) is 3.80. The zero-order chi connectivity index (χ0) is 23.4. The summed E-state index contributed by atoms with van der Waals surface area (Å²) in [6, 6.07) is 30.4. The SMILES string of the molecule is Cc1ccc(-c2ccccc2C(=O)Nc2ccc(C(=O)N(C)c3ccccc3C)cc2)cc1. The molecule has 4 nitrogen and oxygen atoms in total. The first kappa shape index (κ1) is 22.0. The minimum absolute atomic E-state index is 0.105. The van der Waals surface area contributed by atoms with Crippen molar-refractivity contribution in [2.45, 2.75) is 13.8 Å². The van der Waals surface area contributed by atoms with Crippen molar-refractivity contribution >= 4 is 23.2 Å². The quantitative estimate of drug-likeness (QED) is 0.390. The Kier molecular flexibility index (Phi) is 6.36. The smallest absolute Gasteiger partial charge is 0.258 e. The number of carbonyl (C=O) groups is 2. The second-order valence-corrected chi connectivity index (χ2v) is 8.09. The van der Waals surface area contributed by atoms with Crippen LogP contribution in [0.4, 0.5) is 11.4 Å². The Hall–Kier alpha value is -4.18. The second kappa shape index (κ2) is 9.53. The Morgan fingerprint density at radius 2 is 1.36 bits per heavy atom. The molecule has 0 saturated heterocycles. The van der Waals surface area contributed by atoms with Crippen LogP contribution in [0.2, 0.25) is 0 Å². The van der Waals surface area contributed by atoms with Gasteiger partial charge in [-0.2, -0.15) is 0 Å². The van der Waals surface area contributed by atoms with Gasteiger partial charge in [0.15, 0.2) is 0 Å². The molecule has 0 bridgehead atoms. The lowest BCUT2D eigenvalue weighted by Gasteiger charge is -2.19. The molecule has 2 amide bonds. The summed E-state index contributed by atoms with van der Waals surface area (Å²) in [5, 5.41) is 2.95. The lowest BCUT2D eigenvalue weighted by molar-refractivity contribution is 0.0991. The van der Waals surface area contributed by atoms with Crippen LogP contribution in [0.5, 0.6) is 0 Å². The molecular formula is C29H26N2O2. The number of hydrogen-bond acceptors (Lipinski definition) is 2. The summed E-state index contributed by atoms with van der Waals surface area (Å²) in [6.45, 7) is 4.02. The molecule has 0 spiro atoms. The van der Waals surface area contributed by atoms with E-state index in [2.05, 4.69) is 5.32 Å². The summed E-state index contributed by atoms with van der Waals surface area (Å²) < 4.78 is 0. The molecule has 0 aromatic heterocycles. The van der Waals surface area contributed by atoms with Gasteiger partial charge in [-0.3, -0.25) is 9.59 Å². The van der Waals surface area contributed by atoms with E-state index in [1.54, 1.807) is 36.2 Å². The summed E-state index contributed by atoms with van der Waals surface area (Å²) in [6.07, 6.45) is 0. The summed E-state index contributed by atoms with van der Waals surface area (Å²) >= 11 is 0. The summed E-state index contributed by atoms with van der Waals surface area (Å²) in [5.74, 6) is -0.297. The molecular weight excluding hydrogens is 408 g/mol. The molecule has 0 aliphatic rings. The number of para-hydroxylation sites is 1. The van der Waals surface area contributed by atoms with Crippen LogP contribution in [0.1, 0.15) is 31.8 Å². The molecule has 33 heavy (non-hydrogen) atoms. The molecule has 4 aromatic carbocycles.